The molecular weight excluding hydrogens is 534 g/mol. The summed E-state index contributed by atoms with van der Waals surface area (Å²) in [7, 11) is 0. The zero-order chi connectivity index (χ0) is 30.0. The SMILES string of the molecule is Cc1cc(C)c([C@@H]2O[C@H](CO)[C@@H](O)[C@H](O)[C@H]2O)cc1Cc1ccc(/C=C/C(C)(C)C(=O)NC(C)(C)CO)cc1Cl. The molecule has 1 saturated heterocycles. The van der Waals surface area contributed by atoms with Crippen molar-refractivity contribution in [2.24, 2.45) is 5.41 Å². The highest BCUT2D eigenvalue weighted by molar-refractivity contribution is 6.31. The summed E-state index contributed by atoms with van der Waals surface area (Å²) in [6.45, 7) is 10.3. The van der Waals surface area contributed by atoms with Gasteiger partial charge in [0.15, 0.2) is 0 Å². The van der Waals surface area contributed by atoms with Crippen molar-refractivity contribution < 1.29 is 35.1 Å². The Morgan fingerprint density at radius 1 is 0.975 bits per heavy atom. The van der Waals surface area contributed by atoms with Crippen LogP contribution >= 0.6 is 11.6 Å². The molecule has 40 heavy (non-hydrogen) atoms. The summed E-state index contributed by atoms with van der Waals surface area (Å²) in [5.41, 5.74) is 3.67. The van der Waals surface area contributed by atoms with E-state index in [-0.39, 0.29) is 12.5 Å². The van der Waals surface area contributed by atoms with Crippen LogP contribution in [0.4, 0.5) is 0 Å². The zero-order valence-electron chi connectivity index (χ0n) is 24.0. The van der Waals surface area contributed by atoms with Gasteiger partial charge in [0.1, 0.15) is 30.5 Å². The Balaban J connectivity index is 1.82. The number of ether oxygens (including phenoxy) is 1. The van der Waals surface area contributed by atoms with E-state index in [1.807, 2.05) is 50.3 Å². The van der Waals surface area contributed by atoms with Crippen LogP contribution in [-0.4, -0.2) is 74.6 Å². The summed E-state index contributed by atoms with van der Waals surface area (Å²) in [5.74, 6) is -0.199. The normalized spacial score (nSPS) is 23.9. The molecule has 9 heteroatoms. The van der Waals surface area contributed by atoms with Crippen LogP contribution in [0.15, 0.2) is 36.4 Å². The Labute approximate surface area is 241 Å². The fourth-order valence-corrected chi connectivity index (χ4v) is 4.93. The Morgan fingerprint density at radius 2 is 1.65 bits per heavy atom. The number of nitrogens with one attached hydrogen (secondary N) is 1. The van der Waals surface area contributed by atoms with Gasteiger partial charge in [-0.3, -0.25) is 4.79 Å². The average Bonchev–Trinajstić information content (AvgIpc) is 2.89. The molecule has 2 aromatic rings. The molecule has 0 saturated carbocycles. The van der Waals surface area contributed by atoms with Crippen molar-refractivity contribution in [1.82, 2.24) is 5.32 Å². The lowest BCUT2D eigenvalue weighted by Gasteiger charge is -2.40. The van der Waals surface area contributed by atoms with Gasteiger partial charge in [0.05, 0.1) is 24.2 Å². The first-order valence-corrected chi connectivity index (χ1v) is 13.8. The van der Waals surface area contributed by atoms with E-state index in [9.17, 15) is 30.3 Å². The van der Waals surface area contributed by atoms with Crippen LogP contribution in [-0.2, 0) is 16.0 Å². The molecule has 8 nitrogen and oxygen atoms in total. The van der Waals surface area contributed by atoms with E-state index in [2.05, 4.69) is 5.32 Å². The predicted molar refractivity (Wildman–Crippen MR) is 155 cm³/mol. The van der Waals surface area contributed by atoms with E-state index in [0.717, 1.165) is 27.8 Å². The lowest BCUT2D eigenvalue weighted by atomic mass is 9.86. The maximum Gasteiger partial charge on any atom is 0.229 e. The van der Waals surface area contributed by atoms with E-state index >= 15 is 0 Å². The van der Waals surface area contributed by atoms with E-state index < -0.39 is 48.1 Å². The van der Waals surface area contributed by atoms with Crippen molar-refractivity contribution in [3.8, 4) is 0 Å². The lowest BCUT2D eigenvalue weighted by Crippen LogP contribution is -2.55. The largest absolute Gasteiger partial charge is 0.394 e. The van der Waals surface area contributed by atoms with Crippen LogP contribution < -0.4 is 5.32 Å². The highest BCUT2D eigenvalue weighted by Crippen LogP contribution is 2.36. The fourth-order valence-electron chi connectivity index (χ4n) is 4.68. The third kappa shape index (κ3) is 7.31. The quantitative estimate of drug-likeness (QED) is 0.270. The van der Waals surface area contributed by atoms with Gasteiger partial charge in [-0.15, -0.1) is 0 Å². The zero-order valence-corrected chi connectivity index (χ0v) is 24.7. The van der Waals surface area contributed by atoms with Crippen molar-refractivity contribution >= 4 is 23.6 Å². The van der Waals surface area contributed by atoms with Crippen molar-refractivity contribution in [1.29, 1.82) is 0 Å². The van der Waals surface area contributed by atoms with Crippen molar-refractivity contribution in [2.45, 2.75) is 84.0 Å². The van der Waals surface area contributed by atoms with Crippen LogP contribution in [0, 0.1) is 19.3 Å². The summed E-state index contributed by atoms with van der Waals surface area (Å²) in [5, 5.41) is 53.5. The molecular formula is C31H42ClNO7. The monoisotopic (exact) mass is 575 g/mol. The Hall–Kier alpha value is -2.30. The molecule has 1 aliphatic heterocycles. The van der Waals surface area contributed by atoms with Crippen LogP contribution in [0.5, 0.6) is 0 Å². The molecule has 1 amide bonds. The molecule has 1 fully saturated rings. The van der Waals surface area contributed by atoms with E-state index in [1.165, 1.54) is 0 Å². The molecule has 0 unspecified atom stereocenters. The van der Waals surface area contributed by atoms with Crippen LogP contribution in [0.2, 0.25) is 5.02 Å². The molecule has 0 spiro atoms. The highest BCUT2D eigenvalue weighted by Gasteiger charge is 2.44. The van der Waals surface area contributed by atoms with Gasteiger partial charge in [-0.1, -0.05) is 48.0 Å². The standard InChI is InChI=1S/C31H42ClNO7/c1-17-11-18(2)22(28-27(38)26(37)25(36)24(15-34)40-28)14-21(17)13-20-8-7-19(12-23(20)32)9-10-30(3,4)29(39)33-31(5,6)16-35/h7-12,14,24-28,34-38H,13,15-16H2,1-6H3,(H,33,39)/b10-9+/t24-,25-,26+,27-,28+/m1/s1. The molecule has 0 bridgehead atoms. The number of carbonyl (C=O) groups excluding carboxylic acids is 1. The molecule has 0 radical (unpaired) electrons. The topological polar surface area (TPSA) is 139 Å². The Morgan fingerprint density at radius 3 is 2.25 bits per heavy atom. The first kappa shape index (κ1) is 32.2. The van der Waals surface area contributed by atoms with Crippen LogP contribution in [0.3, 0.4) is 0 Å². The van der Waals surface area contributed by atoms with Gasteiger partial charge in [0, 0.05) is 5.02 Å². The minimum Gasteiger partial charge on any atom is -0.394 e. The fraction of sp³-hybridized carbons (Fsp3) is 0.516. The number of rotatable bonds is 9. The molecule has 1 heterocycles. The highest BCUT2D eigenvalue weighted by atomic mass is 35.5. The molecule has 0 aliphatic carbocycles. The van der Waals surface area contributed by atoms with Crippen molar-refractivity contribution in [2.75, 3.05) is 13.2 Å². The van der Waals surface area contributed by atoms with Crippen LogP contribution in [0.25, 0.3) is 6.08 Å². The first-order valence-electron chi connectivity index (χ1n) is 13.4. The van der Waals surface area contributed by atoms with Gasteiger partial charge in [-0.25, -0.2) is 0 Å². The summed E-state index contributed by atoms with van der Waals surface area (Å²) >= 11 is 6.67. The van der Waals surface area contributed by atoms with E-state index in [1.54, 1.807) is 33.8 Å². The molecule has 3 rings (SSSR count). The molecule has 2 aromatic carbocycles. The Bertz CT molecular complexity index is 1240. The summed E-state index contributed by atoms with van der Waals surface area (Å²) in [4.78, 5) is 12.7. The smallest absolute Gasteiger partial charge is 0.229 e. The number of aliphatic hydroxyl groups is 5. The third-order valence-electron chi connectivity index (χ3n) is 7.51. The van der Waals surface area contributed by atoms with Crippen LogP contribution in [0.1, 0.15) is 67.2 Å². The number of hydrogen-bond donors (Lipinski definition) is 6. The van der Waals surface area contributed by atoms with Gasteiger partial charge < -0.3 is 35.6 Å². The van der Waals surface area contributed by atoms with Gasteiger partial charge >= 0.3 is 0 Å². The second-order valence-electron chi connectivity index (χ2n) is 12.0. The average molecular weight is 576 g/mol. The second-order valence-corrected chi connectivity index (χ2v) is 12.4. The van der Waals surface area contributed by atoms with Crippen molar-refractivity contribution in [3.63, 3.8) is 0 Å². The van der Waals surface area contributed by atoms with Gasteiger partial charge in [-0.05, 0) is 87.4 Å². The third-order valence-corrected chi connectivity index (χ3v) is 7.86. The number of benzene rings is 2. The van der Waals surface area contributed by atoms with Gasteiger partial charge in [-0.2, -0.15) is 0 Å². The molecule has 6 N–H and O–H groups in total. The molecule has 0 aromatic heterocycles. The van der Waals surface area contributed by atoms with Crippen molar-refractivity contribution in [3.05, 3.63) is 74.8 Å². The number of halogens is 1. The maximum absolute atomic E-state index is 12.7. The van der Waals surface area contributed by atoms with E-state index in [4.69, 9.17) is 16.3 Å². The number of amides is 1. The lowest BCUT2D eigenvalue weighted by molar-refractivity contribution is -0.231. The molecule has 1 aliphatic rings. The number of aryl methyl sites for hydroxylation is 2. The number of aliphatic hydroxyl groups excluding tert-OH is 5. The number of carbonyl (C=O) groups is 1. The predicted octanol–water partition coefficient (Wildman–Crippen LogP) is 2.99. The van der Waals surface area contributed by atoms with Gasteiger partial charge in [0.2, 0.25) is 5.91 Å². The van der Waals surface area contributed by atoms with Gasteiger partial charge in [0.25, 0.3) is 0 Å². The molecule has 220 valence electrons. The first-order chi connectivity index (χ1) is 18.6. The second kappa shape index (κ2) is 12.7. The number of hydrogen-bond acceptors (Lipinski definition) is 7. The minimum absolute atomic E-state index is 0.167. The minimum atomic E-state index is -1.45. The summed E-state index contributed by atoms with van der Waals surface area (Å²) in [6.07, 6.45) is -1.98. The maximum atomic E-state index is 12.7. The summed E-state index contributed by atoms with van der Waals surface area (Å²) in [6, 6.07) is 9.57. The van der Waals surface area contributed by atoms with E-state index in [0.29, 0.717) is 17.0 Å². The molecule has 5 atom stereocenters. The Kier molecular flexibility index (Phi) is 10.2. The summed E-state index contributed by atoms with van der Waals surface area (Å²) < 4.78 is 5.80.